The van der Waals surface area contributed by atoms with Gasteiger partial charge in [-0.15, -0.1) is 0 Å². The highest BCUT2D eigenvalue weighted by Crippen LogP contribution is 2.17. The van der Waals surface area contributed by atoms with Crippen molar-refractivity contribution >= 4 is 33.7 Å². The van der Waals surface area contributed by atoms with Crippen molar-refractivity contribution in [3.8, 4) is 0 Å². The smallest absolute Gasteiger partial charge is 0.306 e. The Morgan fingerprint density at radius 1 is 1.29 bits per heavy atom. The number of hydrogen-bond acceptors (Lipinski definition) is 3. The molecule has 0 bridgehead atoms. The largest absolute Gasteiger partial charge is 0.481 e. The summed E-state index contributed by atoms with van der Waals surface area (Å²) in [6.45, 7) is 0.886. The number of carboxylic acids is 1. The van der Waals surface area contributed by atoms with Crippen LogP contribution < -0.4 is 0 Å². The predicted molar refractivity (Wildman–Crippen MR) is 92.4 cm³/mol. The lowest BCUT2D eigenvalue weighted by molar-refractivity contribution is -0.146. The second-order valence-electron chi connectivity index (χ2n) is 6.05. The molecule has 1 aromatic rings. The predicted octanol–water partition coefficient (Wildman–Crippen LogP) is 1.77. The van der Waals surface area contributed by atoms with Crippen molar-refractivity contribution in [1.82, 2.24) is 9.80 Å². The minimum atomic E-state index is -0.802. The molecular weight excluding hydrogens is 376 g/mol. The van der Waals surface area contributed by atoms with Gasteiger partial charge in [0.2, 0.25) is 11.8 Å². The van der Waals surface area contributed by atoms with E-state index >= 15 is 0 Å². The van der Waals surface area contributed by atoms with Crippen LogP contribution in [0.1, 0.15) is 18.4 Å². The van der Waals surface area contributed by atoms with Crippen molar-refractivity contribution in [2.24, 2.45) is 5.92 Å². The summed E-state index contributed by atoms with van der Waals surface area (Å²) in [5.74, 6) is -1.43. The van der Waals surface area contributed by atoms with Gasteiger partial charge in [-0.25, -0.2) is 0 Å². The number of likely N-dealkylation sites (tertiary alicyclic amines) is 1. The fraction of sp³-hybridized carbons (Fsp3) is 0.471. The van der Waals surface area contributed by atoms with E-state index in [1.807, 2.05) is 24.3 Å². The summed E-state index contributed by atoms with van der Waals surface area (Å²) in [4.78, 5) is 38.5. The number of carbonyl (C=O) groups excluding carboxylic acids is 2. The molecule has 1 N–H and O–H groups in total. The van der Waals surface area contributed by atoms with Gasteiger partial charge in [-0.2, -0.15) is 0 Å². The van der Waals surface area contributed by atoms with Gasteiger partial charge in [0.25, 0.3) is 0 Å². The fourth-order valence-corrected chi connectivity index (χ4v) is 3.17. The first-order valence-electron chi connectivity index (χ1n) is 7.86. The van der Waals surface area contributed by atoms with E-state index in [0.29, 0.717) is 25.9 Å². The average molecular weight is 397 g/mol. The van der Waals surface area contributed by atoms with E-state index in [0.717, 1.165) is 10.0 Å². The van der Waals surface area contributed by atoms with E-state index in [9.17, 15) is 14.4 Å². The first kappa shape index (κ1) is 18.4. The van der Waals surface area contributed by atoms with Crippen LogP contribution in [0.3, 0.4) is 0 Å². The van der Waals surface area contributed by atoms with E-state index in [4.69, 9.17) is 5.11 Å². The lowest BCUT2D eigenvalue weighted by Crippen LogP contribution is -2.45. The number of carbonyl (C=O) groups is 3. The fourth-order valence-electron chi connectivity index (χ4n) is 2.72. The number of carboxylic acid groups (broad SMARTS) is 1. The van der Waals surface area contributed by atoms with E-state index in [-0.39, 0.29) is 30.7 Å². The minimum absolute atomic E-state index is 0.0184. The quantitative estimate of drug-likeness (QED) is 0.822. The summed E-state index contributed by atoms with van der Waals surface area (Å²) >= 11 is 3.37. The Hall–Kier alpha value is -1.89. The Kier molecular flexibility index (Phi) is 6.36. The van der Waals surface area contributed by atoms with E-state index in [2.05, 4.69) is 15.9 Å². The van der Waals surface area contributed by atoms with E-state index in [1.165, 1.54) is 4.90 Å². The Bertz CT molecular complexity index is 627. The van der Waals surface area contributed by atoms with Crippen molar-refractivity contribution in [3.63, 3.8) is 0 Å². The number of rotatable bonds is 5. The molecule has 6 nitrogen and oxygen atoms in total. The maximum absolute atomic E-state index is 12.3. The van der Waals surface area contributed by atoms with Crippen LogP contribution in [-0.2, 0) is 20.8 Å². The summed E-state index contributed by atoms with van der Waals surface area (Å²) in [6.07, 6.45) is 1.18. The lowest BCUT2D eigenvalue weighted by Gasteiger charge is -2.31. The topological polar surface area (TPSA) is 77.9 Å². The molecule has 24 heavy (non-hydrogen) atoms. The summed E-state index contributed by atoms with van der Waals surface area (Å²) in [7, 11) is 1.61. The molecule has 0 aromatic heterocycles. The van der Waals surface area contributed by atoms with Crippen LogP contribution in [0.4, 0.5) is 0 Å². The van der Waals surface area contributed by atoms with Gasteiger partial charge < -0.3 is 14.9 Å². The molecule has 1 aromatic carbocycles. The molecule has 130 valence electrons. The molecule has 1 saturated heterocycles. The molecular formula is C17H21BrN2O4. The molecule has 0 saturated carbocycles. The van der Waals surface area contributed by atoms with Crippen molar-refractivity contribution in [3.05, 3.63) is 34.3 Å². The van der Waals surface area contributed by atoms with Gasteiger partial charge in [-0.1, -0.05) is 28.1 Å². The van der Waals surface area contributed by atoms with Crippen LogP contribution in [0.15, 0.2) is 28.7 Å². The molecule has 1 fully saturated rings. The number of benzene rings is 1. The van der Waals surface area contributed by atoms with Gasteiger partial charge in [0.15, 0.2) is 0 Å². The Morgan fingerprint density at radius 2 is 1.96 bits per heavy atom. The molecule has 0 unspecified atom stereocenters. The highest BCUT2D eigenvalue weighted by molar-refractivity contribution is 9.10. The summed E-state index contributed by atoms with van der Waals surface area (Å²) in [5.41, 5.74) is 0.885. The molecule has 0 aliphatic carbocycles. The normalized spacial score (nSPS) is 15.2. The number of halogens is 1. The first-order chi connectivity index (χ1) is 11.4. The number of likely N-dealkylation sites (N-methyl/N-ethyl adjacent to an activating group) is 1. The van der Waals surface area contributed by atoms with Crippen molar-refractivity contribution in [2.75, 3.05) is 26.7 Å². The third-order valence-corrected chi connectivity index (χ3v) is 4.73. The molecule has 1 aliphatic heterocycles. The zero-order chi connectivity index (χ0) is 17.7. The Labute approximate surface area is 149 Å². The van der Waals surface area contributed by atoms with Crippen molar-refractivity contribution < 1.29 is 19.5 Å². The van der Waals surface area contributed by atoms with E-state index in [1.54, 1.807) is 11.9 Å². The van der Waals surface area contributed by atoms with Crippen LogP contribution in [0, 0.1) is 5.92 Å². The van der Waals surface area contributed by atoms with Crippen LogP contribution in [0.5, 0.6) is 0 Å². The number of amides is 2. The van der Waals surface area contributed by atoms with E-state index < -0.39 is 5.97 Å². The summed E-state index contributed by atoms with van der Waals surface area (Å²) < 4.78 is 0.910. The molecule has 0 atom stereocenters. The molecule has 1 aliphatic rings. The van der Waals surface area contributed by atoms with Gasteiger partial charge in [0.1, 0.15) is 0 Å². The number of piperidine rings is 1. The Morgan fingerprint density at radius 3 is 2.54 bits per heavy atom. The molecule has 0 radical (unpaired) electrons. The highest BCUT2D eigenvalue weighted by atomic mass is 79.9. The van der Waals surface area contributed by atoms with Gasteiger partial charge in [-0.05, 0) is 30.5 Å². The van der Waals surface area contributed by atoms with Crippen LogP contribution in [0.25, 0.3) is 0 Å². The van der Waals surface area contributed by atoms with Crippen LogP contribution >= 0.6 is 15.9 Å². The number of nitrogens with zero attached hydrogens (tertiary/aromatic N) is 2. The zero-order valence-electron chi connectivity index (χ0n) is 13.6. The van der Waals surface area contributed by atoms with Crippen molar-refractivity contribution in [2.45, 2.75) is 19.3 Å². The SMILES string of the molecule is CN(CC(=O)N1CCC(C(=O)O)CC1)C(=O)Cc1cccc(Br)c1. The third kappa shape index (κ3) is 5.06. The summed E-state index contributed by atoms with van der Waals surface area (Å²) in [6, 6.07) is 7.51. The molecule has 2 amide bonds. The van der Waals surface area contributed by atoms with Gasteiger partial charge in [0, 0.05) is 24.6 Å². The van der Waals surface area contributed by atoms with Gasteiger partial charge >= 0.3 is 5.97 Å². The third-order valence-electron chi connectivity index (χ3n) is 4.24. The van der Waals surface area contributed by atoms with Crippen LogP contribution in [0.2, 0.25) is 0 Å². The Balaban J connectivity index is 1.83. The maximum Gasteiger partial charge on any atom is 0.306 e. The van der Waals surface area contributed by atoms with Gasteiger partial charge in [0.05, 0.1) is 18.9 Å². The van der Waals surface area contributed by atoms with Gasteiger partial charge in [-0.3, -0.25) is 14.4 Å². The lowest BCUT2D eigenvalue weighted by atomic mass is 9.97. The first-order valence-corrected chi connectivity index (χ1v) is 8.65. The minimum Gasteiger partial charge on any atom is -0.481 e. The highest BCUT2D eigenvalue weighted by Gasteiger charge is 2.27. The second kappa shape index (κ2) is 8.28. The zero-order valence-corrected chi connectivity index (χ0v) is 15.2. The molecule has 2 rings (SSSR count). The number of aliphatic carboxylic acids is 1. The van der Waals surface area contributed by atoms with Crippen LogP contribution in [-0.4, -0.2) is 59.4 Å². The maximum atomic E-state index is 12.3. The average Bonchev–Trinajstić information content (AvgIpc) is 2.54. The standard InChI is InChI=1S/C17H21BrN2O4/c1-19(15(21)10-12-3-2-4-14(18)9-12)11-16(22)20-7-5-13(6-8-20)17(23)24/h2-4,9,13H,5-8,10-11H2,1H3,(H,23,24). The monoisotopic (exact) mass is 396 g/mol. The second-order valence-corrected chi connectivity index (χ2v) is 6.97. The molecule has 1 heterocycles. The molecule has 7 heteroatoms. The summed E-state index contributed by atoms with van der Waals surface area (Å²) in [5, 5.41) is 8.98. The number of hydrogen-bond donors (Lipinski definition) is 1. The molecule has 0 spiro atoms. The van der Waals surface area contributed by atoms with Crippen molar-refractivity contribution in [1.29, 1.82) is 0 Å².